The summed E-state index contributed by atoms with van der Waals surface area (Å²) in [5, 5.41) is 6.39. The van der Waals surface area contributed by atoms with Crippen LogP contribution in [-0.2, 0) is 13.0 Å². The number of halogens is 1. The lowest BCUT2D eigenvalue weighted by atomic mass is 10.2. The molecule has 0 aliphatic rings. The van der Waals surface area contributed by atoms with Crippen molar-refractivity contribution in [2.75, 3.05) is 6.54 Å². The Morgan fingerprint density at radius 3 is 2.73 bits per heavy atom. The molecular weight excluding hydrogens is 347 g/mol. The molecule has 0 aliphatic carbocycles. The zero-order valence-corrected chi connectivity index (χ0v) is 15.0. The maximum atomic E-state index is 13.0. The number of imidazole rings is 1. The molecule has 4 rings (SSSR count). The molecule has 0 atom stereocenters. The molecule has 0 aliphatic heterocycles. The van der Waals surface area contributed by atoms with E-state index in [1.54, 1.807) is 23.5 Å². The summed E-state index contributed by atoms with van der Waals surface area (Å²) >= 11 is 1.58. The number of thiazole rings is 1. The SMILES string of the molecule is Fc1ccc(-c2nc(CNCCCc3nc4ccccc4[nH]3)cs2)cc1. The number of aromatic nitrogens is 3. The predicted molar refractivity (Wildman–Crippen MR) is 104 cm³/mol. The second-order valence-electron chi connectivity index (χ2n) is 6.13. The van der Waals surface area contributed by atoms with Crippen LogP contribution in [0.4, 0.5) is 4.39 Å². The number of hydrogen-bond donors (Lipinski definition) is 2. The molecule has 0 unspecified atom stereocenters. The first-order chi connectivity index (χ1) is 12.8. The van der Waals surface area contributed by atoms with Crippen molar-refractivity contribution in [2.45, 2.75) is 19.4 Å². The van der Waals surface area contributed by atoms with Crippen LogP contribution < -0.4 is 5.32 Å². The number of aryl methyl sites for hydroxylation is 1. The van der Waals surface area contributed by atoms with Crippen molar-refractivity contribution in [1.82, 2.24) is 20.3 Å². The number of hydrogen-bond acceptors (Lipinski definition) is 4. The predicted octanol–water partition coefficient (Wildman–Crippen LogP) is 4.55. The van der Waals surface area contributed by atoms with Crippen LogP contribution in [0.1, 0.15) is 17.9 Å². The minimum Gasteiger partial charge on any atom is -0.342 e. The summed E-state index contributed by atoms with van der Waals surface area (Å²) in [6.07, 6.45) is 1.92. The van der Waals surface area contributed by atoms with Gasteiger partial charge in [-0.05, 0) is 49.4 Å². The zero-order chi connectivity index (χ0) is 17.8. The quantitative estimate of drug-likeness (QED) is 0.472. The van der Waals surface area contributed by atoms with Gasteiger partial charge in [0, 0.05) is 23.9 Å². The molecule has 2 N–H and O–H groups in total. The number of benzene rings is 2. The minimum absolute atomic E-state index is 0.225. The van der Waals surface area contributed by atoms with Gasteiger partial charge < -0.3 is 10.3 Å². The Kier molecular flexibility index (Phi) is 5.04. The number of H-pyrrole nitrogens is 1. The minimum atomic E-state index is -0.225. The standard InChI is InChI=1S/C20H19FN4S/c21-15-9-7-14(8-10-15)20-23-16(13-26-20)12-22-11-3-6-19-24-17-4-1-2-5-18(17)25-19/h1-2,4-5,7-10,13,22H,3,6,11-12H2,(H,24,25). The van der Waals surface area contributed by atoms with Crippen molar-refractivity contribution in [2.24, 2.45) is 0 Å². The molecule has 0 amide bonds. The van der Waals surface area contributed by atoms with E-state index in [-0.39, 0.29) is 5.82 Å². The molecule has 0 radical (unpaired) electrons. The Bertz CT molecular complexity index is 957. The molecule has 26 heavy (non-hydrogen) atoms. The first-order valence-corrected chi connectivity index (χ1v) is 9.50. The highest BCUT2D eigenvalue weighted by Crippen LogP contribution is 2.23. The Morgan fingerprint density at radius 2 is 1.88 bits per heavy atom. The van der Waals surface area contributed by atoms with E-state index in [1.165, 1.54) is 12.1 Å². The van der Waals surface area contributed by atoms with Crippen LogP contribution in [0.5, 0.6) is 0 Å². The van der Waals surface area contributed by atoms with Crippen LogP contribution in [-0.4, -0.2) is 21.5 Å². The summed E-state index contributed by atoms with van der Waals surface area (Å²) in [4.78, 5) is 12.6. The smallest absolute Gasteiger partial charge is 0.123 e. The highest BCUT2D eigenvalue weighted by atomic mass is 32.1. The molecule has 0 spiro atoms. The maximum absolute atomic E-state index is 13.0. The molecule has 0 bridgehead atoms. The summed E-state index contributed by atoms with van der Waals surface area (Å²) in [5.41, 5.74) is 4.07. The second-order valence-corrected chi connectivity index (χ2v) is 6.99. The van der Waals surface area contributed by atoms with Gasteiger partial charge >= 0.3 is 0 Å². The van der Waals surface area contributed by atoms with Gasteiger partial charge in [-0.3, -0.25) is 0 Å². The number of rotatable bonds is 7. The van der Waals surface area contributed by atoms with Crippen LogP contribution >= 0.6 is 11.3 Å². The van der Waals surface area contributed by atoms with E-state index in [4.69, 9.17) is 0 Å². The van der Waals surface area contributed by atoms with Gasteiger partial charge in [-0.15, -0.1) is 11.3 Å². The summed E-state index contributed by atoms with van der Waals surface area (Å²) in [6.45, 7) is 1.64. The van der Waals surface area contributed by atoms with Crippen molar-refractivity contribution in [3.8, 4) is 10.6 Å². The summed E-state index contributed by atoms with van der Waals surface area (Å²) in [7, 11) is 0. The van der Waals surface area contributed by atoms with E-state index >= 15 is 0 Å². The molecule has 132 valence electrons. The van der Waals surface area contributed by atoms with Crippen LogP contribution in [0.2, 0.25) is 0 Å². The van der Waals surface area contributed by atoms with Crippen LogP contribution in [0, 0.1) is 5.82 Å². The van der Waals surface area contributed by atoms with Gasteiger partial charge in [-0.2, -0.15) is 0 Å². The fourth-order valence-electron chi connectivity index (χ4n) is 2.83. The van der Waals surface area contributed by atoms with Crippen molar-refractivity contribution >= 4 is 22.4 Å². The van der Waals surface area contributed by atoms with Crippen LogP contribution in [0.25, 0.3) is 21.6 Å². The molecule has 4 nitrogen and oxygen atoms in total. The first-order valence-electron chi connectivity index (χ1n) is 8.62. The maximum Gasteiger partial charge on any atom is 0.123 e. The number of nitrogens with one attached hydrogen (secondary N) is 2. The van der Waals surface area contributed by atoms with Gasteiger partial charge in [-0.1, -0.05) is 12.1 Å². The Labute approximate surface area is 155 Å². The number of para-hydroxylation sites is 2. The van der Waals surface area contributed by atoms with Gasteiger partial charge in [0.25, 0.3) is 0 Å². The fourth-order valence-corrected chi connectivity index (χ4v) is 3.66. The van der Waals surface area contributed by atoms with Gasteiger partial charge in [0.2, 0.25) is 0 Å². The lowest BCUT2D eigenvalue weighted by Crippen LogP contribution is -2.15. The molecule has 0 saturated carbocycles. The molecule has 6 heteroatoms. The monoisotopic (exact) mass is 366 g/mol. The third kappa shape index (κ3) is 3.98. The Balaban J connectivity index is 1.24. The molecule has 2 aromatic heterocycles. The number of nitrogens with zero attached hydrogens (tertiary/aromatic N) is 2. The Hall–Kier alpha value is -2.57. The van der Waals surface area contributed by atoms with E-state index in [2.05, 4.69) is 20.3 Å². The second kappa shape index (κ2) is 7.76. The van der Waals surface area contributed by atoms with Gasteiger partial charge in [-0.25, -0.2) is 14.4 Å². The highest BCUT2D eigenvalue weighted by Gasteiger charge is 2.05. The molecule has 0 fully saturated rings. The van der Waals surface area contributed by atoms with Gasteiger partial charge in [0.05, 0.1) is 16.7 Å². The van der Waals surface area contributed by atoms with E-state index in [0.29, 0.717) is 0 Å². The lowest BCUT2D eigenvalue weighted by Gasteiger charge is -2.01. The molecule has 0 saturated heterocycles. The number of aromatic amines is 1. The van der Waals surface area contributed by atoms with Crippen LogP contribution in [0.3, 0.4) is 0 Å². The average Bonchev–Trinajstić information content (AvgIpc) is 3.28. The van der Waals surface area contributed by atoms with E-state index in [0.717, 1.165) is 59.1 Å². The first kappa shape index (κ1) is 16.9. The van der Waals surface area contributed by atoms with Gasteiger partial charge in [0.15, 0.2) is 0 Å². The lowest BCUT2D eigenvalue weighted by molar-refractivity contribution is 0.628. The summed E-state index contributed by atoms with van der Waals surface area (Å²) in [5.74, 6) is 0.803. The Morgan fingerprint density at radius 1 is 1.04 bits per heavy atom. The van der Waals surface area contributed by atoms with Gasteiger partial charge in [0.1, 0.15) is 16.6 Å². The van der Waals surface area contributed by atoms with Crippen molar-refractivity contribution < 1.29 is 4.39 Å². The summed E-state index contributed by atoms with van der Waals surface area (Å²) < 4.78 is 13.0. The summed E-state index contributed by atoms with van der Waals surface area (Å²) in [6, 6.07) is 14.5. The fraction of sp³-hybridized carbons (Fsp3) is 0.200. The molecule has 2 aromatic carbocycles. The normalized spacial score (nSPS) is 11.3. The molecular formula is C20H19FN4S. The van der Waals surface area contributed by atoms with E-state index < -0.39 is 0 Å². The van der Waals surface area contributed by atoms with Crippen molar-refractivity contribution in [3.63, 3.8) is 0 Å². The molecule has 2 heterocycles. The highest BCUT2D eigenvalue weighted by molar-refractivity contribution is 7.13. The van der Waals surface area contributed by atoms with E-state index in [1.807, 2.05) is 29.6 Å². The topological polar surface area (TPSA) is 53.6 Å². The average molecular weight is 366 g/mol. The van der Waals surface area contributed by atoms with E-state index in [9.17, 15) is 4.39 Å². The third-order valence-corrected chi connectivity index (χ3v) is 5.09. The zero-order valence-electron chi connectivity index (χ0n) is 14.2. The molecule has 4 aromatic rings. The number of fused-ring (bicyclic) bond motifs is 1. The van der Waals surface area contributed by atoms with Crippen molar-refractivity contribution in [1.29, 1.82) is 0 Å². The van der Waals surface area contributed by atoms with Crippen molar-refractivity contribution in [3.05, 3.63) is 71.2 Å². The largest absolute Gasteiger partial charge is 0.342 e. The third-order valence-electron chi connectivity index (χ3n) is 4.15. The van der Waals surface area contributed by atoms with Crippen LogP contribution in [0.15, 0.2) is 53.9 Å².